The number of nitrogens with zero attached hydrogens (tertiary/aromatic N) is 2. The second-order valence-corrected chi connectivity index (χ2v) is 4.14. The molecule has 5 heteroatoms. The van der Waals surface area contributed by atoms with Crippen molar-refractivity contribution in [3.05, 3.63) is 53.1 Å². The molecule has 1 N–H and O–H groups in total. The molecule has 0 aliphatic carbocycles. The molecular formula is C12H12ClN3O. The van der Waals surface area contributed by atoms with Gasteiger partial charge in [-0.3, -0.25) is 4.79 Å². The van der Waals surface area contributed by atoms with Crippen LogP contribution in [-0.2, 0) is 6.54 Å². The molecule has 2 rings (SSSR count). The molecule has 0 radical (unpaired) electrons. The monoisotopic (exact) mass is 249 g/mol. The second-order valence-electron chi connectivity index (χ2n) is 3.70. The van der Waals surface area contributed by atoms with Crippen molar-refractivity contribution in [2.24, 2.45) is 0 Å². The summed E-state index contributed by atoms with van der Waals surface area (Å²) in [5.41, 5.74) is 0.614. The molecule has 0 bridgehead atoms. The summed E-state index contributed by atoms with van der Waals surface area (Å²) in [5.74, 6) is 0.702. The third-order valence-electron chi connectivity index (χ3n) is 2.38. The van der Waals surface area contributed by atoms with E-state index in [9.17, 15) is 4.79 Å². The summed E-state index contributed by atoms with van der Waals surface area (Å²) < 4.78 is 0. The van der Waals surface area contributed by atoms with Gasteiger partial charge in [-0.15, -0.1) is 0 Å². The van der Waals surface area contributed by atoms with Gasteiger partial charge >= 0.3 is 0 Å². The van der Waals surface area contributed by atoms with Crippen LogP contribution < -0.4 is 0 Å². The van der Waals surface area contributed by atoms with Crippen molar-refractivity contribution in [2.75, 3.05) is 7.05 Å². The van der Waals surface area contributed by atoms with Crippen LogP contribution in [0.15, 0.2) is 36.7 Å². The number of amides is 1. The lowest BCUT2D eigenvalue weighted by atomic mass is 10.2. The van der Waals surface area contributed by atoms with Crippen LogP contribution in [0, 0.1) is 0 Å². The number of nitrogens with one attached hydrogen (secondary N) is 1. The van der Waals surface area contributed by atoms with E-state index in [-0.39, 0.29) is 5.91 Å². The predicted molar refractivity (Wildman–Crippen MR) is 65.8 cm³/mol. The van der Waals surface area contributed by atoms with E-state index in [0.29, 0.717) is 17.1 Å². The number of benzene rings is 1. The van der Waals surface area contributed by atoms with Crippen LogP contribution in [0.2, 0.25) is 5.02 Å². The Kier molecular flexibility index (Phi) is 3.44. The topological polar surface area (TPSA) is 49.0 Å². The number of H-pyrrole nitrogens is 1. The predicted octanol–water partition coefficient (Wildman–Crippen LogP) is 2.34. The third kappa shape index (κ3) is 2.85. The molecule has 1 amide bonds. The number of carbonyl (C=O) groups excluding carboxylic acids is 1. The van der Waals surface area contributed by atoms with Gasteiger partial charge in [0.1, 0.15) is 5.82 Å². The maximum Gasteiger partial charge on any atom is 0.254 e. The molecule has 1 aromatic heterocycles. The Morgan fingerprint density at radius 1 is 1.41 bits per heavy atom. The SMILES string of the molecule is CN(Cc1ncc[nH]1)C(=O)c1ccc(Cl)cc1. The lowest BCUT2D eigenvalue weighted by Gasteiger charge is -2.15. The van der Waals surface area contributed by atoms with Crippen molar-refractivity contribution in [1.82, 2.24) is 14.9 Å². The van der Waals surface area contributed by atoms with E-state index in [1.807, 2.05) is 0 Å². The van der Waals surface area contributed by atoms with E-state index in [4.69, 9.17) is 11.6 Å². The zero-order chi connectivity index (χ0) is 12.3. The molecule has 1 aromatic carbocycles. The third-order valence-corrected chi connectivity index (χ3v) is 2.63. The number of halogens is 1. The Morgan fingerprint density at radius 3 is 2.71 bits per heavy atom. The van der Waals surface area contributed by atoms with Crippen molar-refractivity contribution in [1.29, 1.82) is 0 Å². The fourth-order valence-corrected chi connectivity index (χ4v) is 1.62. The van der Waals surface area contributed by atoms with E-state index in [1.54, 1.807) is 48.6 Å². The number of aromatic nitrogens is 2. The van der Waals surface area contributed by atoms with Gasteiger partial charge in [0.05, 0.1) is 6.54 Å². The van der Waals surface area contributed by atoms with Gasteiger partial charge in [-0.05, 0) is 24.3 Å². The summed E-state index contributed by atoms with van der Waals surface area (Å²) in [5, 5.41) is 0.621. The van der Waals surface area contributed by atoms with Crippen molar-refractivity contribution in [3.8, 4) is 0 Å². The van der Waals surface area contributed by atoms with Gasteiger partial charge in [-0.1, -0.05) is 11.6 Å². The van der Waals surface area contributed by atoms with Crippen LogP contribution in [0.25, 0.3) is 0 Å². The smallest absolute Gasteiger partial charge is 0.254 e. The highest BCUT2D eigenvalue weighted by atomic mass is 35.5. The molecule has 88 valence electrons. The molecule has 17 heavy (non-hydrogen) atoms. The minimum atomic E-state index is -0.0573. The first-order chi connectivity index (χ1) is 8.16. The quantitative estimate of drug-likeness (QED) is 0.908. The fraction of sp³-hybridized carbons (Fsp3) is 0.167. The van der Waals surface area contributed by atoms with Crippen LogP contribution >= 0.6 is 11.6 Å². The Bertz CT molecular complexity index is 493. The maximum atomic E-state index is 12.0. The minimum absolute atomic E-state index is 0.0573. The standard InChI is InChI=1S/C12H12ClN3O/c1-16(8-11-14-6-7-15-11)12(17)9-2-4-10(13)5-3-9/h2-7H,8H2,1H3,(H,14,15). The molecule has 2 aromatic rings. The van der Waals surface area contributed by atoms with Crippen molar-refractivity contribution >= 4 is 17.5 Å². The van der Waals surface area contributed by atoms with Crippen LogP contribution in [0.1, 0.15) is 16.2 Å². The number of imidazole rings is 1. The molecule has 4 nitrogen and oxygen atoms in total. The second kappa shape index (κ2) is 5.01. The zero-order valence-corrected chi connectivity index (χ0v) is 10.1. The zero-order valence-electron chi connectivity index (χ0n) is 9.35. The van der Waals surface area contributed by atoms with E-state index >= 15 is 0 Å². The highest BCUT2D eigenvalue weighted by Gasteiger charge is 2.12. The van der Waals surface area contributed by atoms with Gasteiger partial charge < -0.3 is 9.88 Å². The highest BCUT2D eigenvalue weighted by molar-refractivity contribution is 6.30. The van der Waals surface area contributed by atoms with Crippen LogP contribution in [-0.4, -0.2) is 27.8 Å². The highest BCUT2D eigenvalue weighted by Crippen LogP contribution is 2.11. The van der Waals surface area contributed by atoms with Crippen LogP contribution in [0.3, 0.4) is 0 Å². The van der Waals surface area contributed by atoms with Gasteiger partial charge in [-0.25, -0.2) is 4.98 Å². The maximum absolute atomic E-state index is 12.0. The van der Waals surface area contributed by atoms with E-state index in [1.165, 1.54) is 0 Å². The normalized spacial score (nSPS) is 10.2. The first-order valence-electron chi connectivity index (χ1n) is 5.16. The minimum Gasteiger partial charge on any atom is -0.347 e. The molecule has 0 saturated carbocycles. The number of hydrogen-bond acceptors (Lipinski definition) is 2. The largest absolute Gasteiger partial charge is 0.347 e. The Balaban J connectivity index is 2.07. The number of hydrogen-bond donors (Lipinski definition) is 1. The summed E-state index contributed by atoms with van der Waals surface area (Å²) in [6, 6.07) is 6.83. The summed E-state index contributed by atoms with van der Waals surface area (Å²) in [7, 11) is 1.74. The molecule has 0 saturated heterocycles. The Hall–Kier alpha value is -1.81. The average Bonchev–Trinajstić information content (AvgIpc) is 2.82. The molecule has 1 heterocycles. The Morgan fingerprint density at radius 2 is 2.12 bits per heavy atom. The van der Waals surface area contributed by atoms with E-state index < -0.39 is 0 Å². The van der Waals surface area contributed by atoms with Crippen LogP contribution in [0.5, 0.6) is 0 Å². The molecule has 0 atom stereocenters. The lowest BCUT2D eigenvalue weighted by Crippen LogP contribution is -2.26. The van der Waals surface area contributed by atoms with Gasteiger partial charge in [-0.2, -0.15) is 0 Å². The molecule has 0 fully saturated rings. The van der Waals surface area contributed by atoms with Crippen LogP contribution in [0.4, 0.5) is 0 Å². The first-order valence-corrected chi connectivity index (χ1v) is 5.54. The summed E-state index contributed by atoms with van der Waals surface area (Å²) in [6.07, 6.45) is 3.39. The summed E-state index contributed by atoms with van der Waals surface area (Å²) in [6.45, 7) is 0.453. The van der Waals surface area contributed by atoms with Crippen molar-refractivity contribution in [2.45, 2.75) is 6.54 Å². The molecule has 0 aliphatic heterocycles. The Labute approximate surface area is 104 Å². The molecular weight excluding hydrogens is 238 g/mol. The van der Waals surface area contributed by atoms with Crippen molar-refractivity contribution in [3.63, 3.8) is 0 Å². The van der Waals surface area contributed by atoms with Gasteiger partial charge in [0, 0.05) is 30.0 Å². The van der Waals surface area contributed by atoms with Crippen molar-refractivity contribution < 1.29 is 4.79 Å². The first kappa shape index (κ1) is 11.7. The molecule has 0 unspecified atom stereocenters. The van der Waals surface area contributed by atoms with Gasteiger partial charge in [0.2, 0.25) is 0 Å². The van der Waals surface area contributed by atoms with Gasteiger partial charge in [0.15, 0.2) is 0 Å². The molecule has 0 aliphatic rings. The van der Waals surface area contributed by atoms with E-state index in [2.05, 4.69) is 9.97 Å². The summed E-state index contributed by atoms with van der Waals surface area (Å²) in [4.78, 5) is 20.7. The number of rotatable bonds is 3. The number of carbonyl (C=O) groups is 1. The molecule has 0 spiro atoms. The average molecular weight is 250 g/mol. The summed E-state index contributed by atoms with van der Waals surface area (Å²) >= 11 is 5.77. The van der Waals surface area contributed by atoms with Gasteiger partial charge in [0.25, 0.3) is 5.91 Å². The number of aromatic amines is 1. The lowest BCUT2D eigenvalue weighted by molar-refractivity contribution is 0.0782. The van der Waals surface area contributed by atoms with E-state index in [0.717, 1.165) is 5.82 Å². The fourth-order valence-electron chi connectivity index (χ4n) is 1.49.